The van der Waals surface area contributed by atoms with Crippen LogP contribution in [0.15, 0.2) is 72.8 Å². The first-order valence-electron chi connectivity index (χ1n) is 10.0. The third-order valence-corrected chi connectivity index (χ3v) is 5.31. The number of ether oxygens (including phenoxy) is 1. The molecule has 0 bridgehead atoms. The fraction of sp³-hybridized carbons (Fsp3) is 0.200. The van der Waals surface area contributed by atoms with Crippen LogP contribution in [0.2, 0.25) is 5.02 Å². The molecule has 0 spiro atoms. The highest BCUT2D eigenvalue weighted by molar-refractivity contribution is 6.31. The average molecular weight is 437 g/mol. The molecule has 0 saturated heterocycles. The first-order valence-corrected chi connectivity index (χ1v) is 10.4. The summed E-state index contributed by atoms with van der Waals surface area (Å²) >= 11 is 6.04. The van der Waals surface area contributed by atoms with Gasteiger partial charge >= 0.3 is 0 Å². The number of nitrogens with one attached hydrogen (secondary N) is 2. The van der Waals surface area contributed by atoms with Crippen molar-refractivity contribution in [3.63, 3.8) is 0 Å². The van der Waals surface area contributed by atoms with Crippen LogP contribution in [0, 0.1) is 6.92 Å². The molecular formula is C25H25ClN2O3. The topological polar surface area (TPSA) is 67.4 Å². The molecule has 160 valence electrons. The summed E-state index contributed by atoms with van der Waals surface area (Å²) in [6, 6.07) is 21.6. The lowest BCUT2D eigenvalue weighted by Crippen LogP contribution is -2.32. The highest BCUT2D eigenvalue weighted by atomic mass is 35.5. The van der Waals surface area contributed by atoms with E-state index >= 15 is 0 Å². The Kier molecular flexibility index (Phi) is 7.32. The van der Waals surface area contributed by atoms with Crippen molar-refractivity contribution in [3.8, 4) is 5.75 Å². The van der Waals surface area contributed by atoms with Crippen LogP contribution in [0.5, 0.6) is 5.75 Å². The number of aryl methyl sites for hydroxylation is 1. The monoisotopic (exact) mass is 436 g/mol. The zero-order valence-corrected chi connectivity index (χ0v) is 18.4. The summed E-state index contributed by atoms with van der Waals surface area (Å²) in [4.78, 5) is 25.5. The summed E-state index contributed by atoms with van der Waals surface area (Å²) in [5, 5.41) is 6.41. The van der Waals surface area contributed by atoms with Crippen LogP contribution >= 0.6 is 11.6 Å². The van der Waals surface area contributed by atoms with Crippen LogP contribution in [0.3, 0.4) is 0 Å². The number of para-hydroxylation sites is 1. The summed E-state index contributed by atoms with van der Waals surface area (Å²) in [6.07, 6.45) is -0.764. The van der Waals surface area contributed by atoms with E-state index in [1.165, 1.54) is 0 Å². The van der Waals surface area contributed by atoms with Crippen LogP contribution in [0.4, 0.5) is 5.69 Å². The molecule has 5 nitrogen and oxygen atoms in total. The summed E-state index contributed by atoms with van der Waals surface area (Å²) in [5.74, 6) is -0.0784. The zero-order valence-electron chi connectivity index (χ0n) is 17.7. The van der Waals surface area contributed by atoms with Gasteiger partial charge in [-0.05, 0) is 62.2 Å². The van der Waals surface area contributed by atoms with Gasteiger partial charge in [-0.15, -0.1) is 0 Å². The molecule has 0 aliphatic rings. The third-order valence-electron chi connectivity index (χ3n) is 4.89. The van der Waals surface area contributed by atoms with Gasteiger partial charge in [0.05, 0.1) is 17.3 Å². The minimum atomic E-state index is -0.764. The molecule has 3 rings (SSSR count). The number of benzene rings is 3. The number of amides is 2. The van der Waals surface area contributed by atoms with Gasteiger partial charge in [0.15, 0.2) is 6.10 Å². The normalized spacial score (nSPS) is 12.5. The smallest absolute Gasteiger partial charge is 0.265 e. The van der Waals surface area contributed by atoms with Crippen molar-refractivity contribution < 1.29 is 14.3 Å². The number of carbonyl (C=O) groups is 2. The summed E-state index contributed by atoms with van der Waals surface area (Å²) in [5.41, 5.74) is 2.67. The van der Waals surface area contributed by atoms with Gasteiger partial charge in [0.2, 0.25) is 0 Å². The van der Waals surface area contributed by atoms with Crippen LogP contribution in [-0.4, -0.2) is 17.9 Å². The number of hydrogen-bond donors (Lipinski definition) is 2. The molecule has 0 aromatic heterocycles. The molecule has 3 aromatic carbocycles. The molecule has 0 unspecified atom stereocenters. The molecule has 3 aromatic rings. The second-order valence-corrected chi connectivity index (χ2v) is 7.72. The predicted molar refractivity (Wildman–Crippen MR) is 124 cm³/mol. The molecule has 0 radical (unpaired) electrons. The molecule has 2 atom stereocenters. The van der Waals surface area contributed by atoms with Crippen LogP contribution in [-0.2, 0) is 4.79 Å². The van der Waals surface area contributed by atoms with E-state index in [0.29, 0.717) is 22.0 Å². The molecule has 2 amide bonds. The van der Waals surface area contributed by atoms with E-state index in [0.717, 1.165) is 11.1 Å². The Hall–Kier alpha value is -3.31. The Morgan fingerprint density at radius 2 is 1.61 bits per heavy atom. The predicted octanol–water partition coefficient (Wildman–Crippen LogP) is 5.55. The standard InChI is InChI=1S/C25H25ClN2O3/c1-16-15-20(13-14-22(16)26)31-18(3)24(29)28-23-12-8-7-11-21(23)25(30)27-17(2)19-9-5-4-6-10-19/h4-15,17-18H,1-3H3,(H,27,30)(H,28,29)/t17-,18+/m1/s1. The van der Waals surface area contributed by atoms with Gasteiger partial charge in [-0.1, -0.05) is 54.1 Å². The maximum absolute atomic E-state index is 12.9. The zero-order chi connectivity index (χ0) is 22.4. The molecule has 6 heteroatoms. The SMILES string of the molecule is Cc1cc(O[C@@H](C)C(=O)Nc2ccccc2C(=O)N[C@H](C)c2ccccc2)ccc1Cl. The van der Waals surface area contributed by atoms with E-state index in [9.17, 15) is 9.59 Å². The second kappa shape index (κ2) is 10.1. The molecule has 0 fully saturated rings. The molecule has 0 aliphatic heterocycles. The lowest BCUT2D eigenvalue weighted by molar-refractivity contribution is -0.122. The van der Waals surface area contributed by atoms with Crippen molar-refractivity contribution in [2.75, 3.05) is 5.32 Å². The van der Waals surface area contributed by atoms with Crippen LogP contribution < -0.4 is 15.4 Å². The quantitative estimate of drug-likeness (QED) is 0.510. The van der Waals surface area contributed by atoms with E-state index in [2.05, 4.69) is 10.6 Å². The summed E-state index contributed by atoms with van der Waals surface area (Å²) < 4.78 is 5.74. The van der Waals surface area contributed by atoms with Gasteiger partial charge < -0.3 is 15.4 Å². The molecule has 0 saturated carbocycles. The van der Waals surface area contributed by atoms with Gasteiger partial charge in [0.25, 0.3) is 11.8 Å². The van der Waals surface area contributed by atoms with Gasteiger partial charge in [0.1, 0.15) is 5.75 Å². The van der Waals surface area contributed by atoms with Crippen molar-refractivity contribution in [2.45, 2.75) is 32.9 Å². The molecule has 31 heavy (non-hydrogen) atoms. The Morgan fingerprint density at radius 1 is 0.935 bits per heavy atom. The highest BCUT2D eigenvalue weighted by Crippen LogP contribution is 2.23. The third kappa shape index (κ3) is 5.86. The Bertz CT molecular complexity index is 1070. The van der Waals surface area contributed by atoms with Crippen LogP contribution in [0.25, 0.3) is 0 Å². The molecular weight excluding hydrogens is 412 g/mol. The summed E-state index contributed by atoms with van der Waals surface area (Å²) in [6.45, 7) is 5.43. The minimum Gasteiger partial charge on any atom is -0.481 e. The van der Waals surface area contributed by atoms with Crippen molar-refractivity contribution in [2.24, 2.45) is 0 Å². The molecule has 0 heterocycles. The molecule has 0 aliphatic carbocycles. The average Bonchev–Trinajstić information content (AvgIpc) is 2.77. The van der Waals surface area contributed by atoms with E-state index in [1.54, 1.807) is 49.4 Å². The first kappa shape index (κ1) is 22.4. The largest absolute Gasteiger partial charge is 0.481 e. The summed E-state index contributed by atoms with van der Waals surface area (Å²) in [7, 11) is 0. The van der Waals surface area contributed by atoms with Crippen molar-refractivity contribution in [3.05, 3.63) is 94.5 Å². The van der Waals surface area contributed by atoms with Crippen molar-refractivity contribution >= 4 is 29.1 Å². The van der Waals surface area contributed by atoms with Gasteiger partial charge in [0, 0.05) is 5.02 Å². The fourth-order valence-corrected chi connectivity index (χ4v) is 3.19. The van der Waals surface area contributed by atoms with E-state index in [-0.39, 0.29) is 17.9 Å². The van der Waals surface area contributed by atoms with Gasteiger partial charge in [-0.2, -0.15) is 0 Å². The van der Waals surface area contributed by atoms with E-state index in [4.69, 9.17) is 16.3 Å². The number of carbonyl (C=O) groups excluding carboxylic acids is 2. The van der Waals surface area contributed by atoms with Crippen molar-refractivity contribution in [1.82, 2.24) is 5.32 Å². The lowest BCUT2D eigenvalue weighted by atomic mass is 10.1. The number of anilines is 1. The number of hydrogen-bond acceptors (Lipinski definition) is 3. The fourth-order valence-electron chi connectivity index (χ4n) is 3.07. The minimum absolute atomic E-state index is 0.173. The van der Waals surface area contributed by atoms with Gasteiger partial charge in [-0.25, -0.2) is 0 Å². The Morgan fingerprint density at radius 3 is 2.32 bits per heavy atom. The van der Waals surface area contributed by atoms with Crippen molar-refractivity contribution in [1.29, 1.82) is 0 Å². The molecule has 2 N–H and O–H groups in total. The van der Waals surface area contributed by atoms with Crippen LogP contribution in [0.1, 0.15) is 41.4 Å². The Balaban J connectivity index is 1.68. The lowest BCUT2D eigenvalue weighted by Gasteiger charge is -2.18. The van der Waals surface area contributed by atoms with Gasteiger partial charge in [-0.3, -0.25) is 9.59 Å². The highest BCUT2D eigenvalue weighted by Gasteiger charge is 2.20. The number of rotatable bonds is 7. The maximum atomic E-state index is 12.9. The Labute approximate surface area is 187 Å². The first-order chi connectivity index (χ1) is 14.8. The number of halogens is 1. The van der Waals surface area contributed by atoms with E-state index in [1.807, 2.05) is 44.2 Å². The maximum Gasteiger partial charge on any atom is 0.265 e. The van der Waals surface area contributed by atoms with E-state index < -0.39 is 6.10 Å². The second-order valence-electron chi connectivity index (χ2n) is 7.31.